The first-order valence-electron chi connectivity index (χ1n) is 6.05. The molecule has 0 aliphatic heterocycles. The highest BCUT2D eigenvalue weighted by Gasteiger charge is 2.11. The van der Waals surface area contributed by atoms with Crippen molar-refractivity contribution in [3.63, 3.8) is 0 Å². The topological polar surface area (TPSA) is 38.9 Å². The van der Waals surface area contributed by atoms with Crippen LogP contribution >= 0.6 is 0 Å². The van der Waals surface area contributed by atoms with E-state index in [0.29, 0.717) is 11.3 Å². The van der Waals surface area contributed by atoms with Gasteiger partial charge in [0, 0.05) is 34.6 Å². The summed E-state index contributed by atoms with van der Waals surface area (Å²) >= 11 is 0. The molecule has 0 aliphatic carbocycles. The molecule has 0 atom stereocenters. The third-order valence-corrected chi connectivity index (χ3v) is 3.31. The van der Waals surface area contributed by atoms with Crippen molar-refractivity contribution < 1.29 is 4.39 Å². The minimum absolute atomic E-state index is 0.273. The second-order valence-electron chi connectivity index (χ2n) is 4.60. The van der Waals surface area contributed by atoms with Crippen LogP contribution in [0.15, 0.2) is 48.8 Å². The van der Waals surface area contributed by atoms with E-state index < -0.39 is 0 Å². The zero-order valence-electron chi connectivity index (χ0n) is 10.5. The van der Waals surface area contributed by atoms with Gasteiger partial charge in [0.15, 0.2) is 0 Å². The second-order valence-corrected chi connectivity index (χ2v) is 4.60. The van der Waals surface area contributed by atoms with Crippen molar-refractivity contribution in [2.45, 2.75) is 6.92 Å². The number of hydrogen-bond acceptors (Lipinski definition) is 2. The van der Waals surface area contributed by atoms with Crippen molar-refractivity contribution in [2.24, 2.45) is 0 Å². The maximum atomic E-state index is 14.2. The molecule has 2 N–H and O–H groups in total. The Labute approximate surface area is 110 Å². The Morgan fingerprint density at radius 2 is 1.84 bits per heavy atom. The molecule has 0 saturated heterocycles. The van der Waals surface area contributed by atoms with E-state index in [0.717, 1.165) is 21.9 Å². The van der Waals surface area contributed by atoms with Crippen molar-refractivity contribution in [1.82, 2.24) is 4.98 Å². The van der Waals surface area contributed by atoms with Crippen molar-refractivity contribution in [1.29, 1.82) is 0 Å². The highest BCUT2D eigenvalue weighted by Crippen LogP contribution is 2.31. The van der Waals surface area contributed by atoms with Crippen LogP contribution in [-0.4, -0.2) is 4.98 Å². The van der Waals surface area contributed by atoms with Crippen LogP contribution in [0, 0.1) is 12.7 Å². The first-order valence-corrected chi connectivity index (χ1v) is 6.05. The summed E-state index contributed by atoms with van der Waals surface area (Å²) in [5.41, 5.74) is 8.48. The number of benzene rings is 2. The highest BCUT2D eigenvalue weighted by molar-refractivity contribution is 5.96. The molecular weight excluding hydrogens is 239 g/mol. The molecule has 0 amide bonds. The summed E-state index contributed by atoms with van der Waals surface area (Å²) in [5, 5.41) is 1.96. The molecule has 0 fully saturated rings. The van der Waals surface area contributed by atoms with Gasteiger partial charge in [-0.1, -0.05) is 24.3 Å². The summed E-state index contributed by atoms with van der Waals surface area (Å²) < 4.78 is 14.2. The highest BCUT2D eigenvalue weighted by atomic mass is 19.1. The molecule has 0 unspecified atom stereocenters. The Hall–Kier alpha value is -2.42. The molecule has 2 aromatic carbocycles. The second kappa shape index (κ2) is 4.35. The van der Waals surface area contributed by atoms with Crippen LogP contribution in [0.1, 0.15) is 5.56 Å². The van der Waals surface area contributed by atoms with Crippen molar-refractivity contribution in [3.8, 4) is 11.1 Å². The first kappa shape index (κ1) is 11.7. The third-order valence-electron chi connectivity index (χ3n) is 3.31. The van der Waals surface area contributed by atoms with Crippen molar-refractivity contribution in [3.05, 3.63) is 60.2 Å². The zero-order valence-corrected chi connectivity index (χ0v) is 10.5. The van der Waals surface area contributed by atoms with Gasteiger partial charge in [0.25, 0.3) is 0 Å². The Morgan fingerprint density at radius 3 is 2.68 bits per heavy atom. The van der Waals surface area contributed by atoms with Gasteiger partial charge in [0.05, 0.1) is 0 Å². The molecule has 94 valence electrons. The molecule has 3 heteroatoms. The number of nitrogen functional groups attached to an aromatic ring is 1. The van der Waals surface area contributed by atoms with E-state index in [1.165, 1.54) is 6.07 Å². The summed E-state index contributed by atoms with van der Waals surface area (Å²) in [5.74, 6) is -0.273. The van der Waals surface area contributed by atoms with Crippen LogP contribution < -0.4 is 5.73 Å². The summed E-state index contributed by atoms with van der Waals surface area (Å²) in [4.78, 5) is 4.17. The fraction of sp³-hybridized carbons (Fsp3) is 0.0625. The lowest BCUT2D eigenvalue weighted by molar-refractivity contribution is 0.630. The standard InChI is InChI=1S/C16H13FN2/c1-10-6-15(17)13(7-16(10)18)14-9-19-8-11-4-2-3-5-12(11)14/h2-9H,18H2,1H3. The SMILES string of the molecule is Cc1cc(F)c(-c2cncc3ccccc23)cc1N. The Balaban J connectivity index is 2.33. The predicted molar refractivity (Wildman–Crippen MR) is 76.3 cm³/mol. The Kier molecular flexibility index (Phi) is 2.67. The van der Waals surface area contributed by atoms with E-state index in [1.807, 2.05) is 24.3 Å². The normalized spacial score (nSPS) is 10.8. The molecule has 0 saturated carbocycles. The maximum absolute atomic E-state index is 14.2. The number of pyridine rings is 1. The molecule has 0 spiro atoms. The van der Waals surface area contributed by atoms with Crippen LogP contribution in [0.25, 0.3) is 21.9 Å². The first-order chi connectivity index (χ1) is 9.16. The number of anilines is 1. The van der Waals surface area contributed by atoms with E-state index in [2.05, 4.69) is 4.98 Å². The third kappa shape index (κ3) is 1.93. The minimum atomic E-state index is -0.273. The summed E-state index contributed by atoms with van der Waals surface area (Å²) in [6, 6.07) is 10.9. The number of halogens is 1. The molecule has 1 heterocycles. The van der Waals surface area contributed by atoms with Crippen LogP contribution in [-0.2, 0) is 0 Å². The largest absolute Gasteiger partial charge is 0.398 e. The number of rotatable bonds is 1. The number of fused-ring (bicyclic) bond motifs is 1. The summed E-state index contributed by atoms with van der Waals surface area (Å²) in [6.07, 6.45) is 3.45. The average Bonchev–Trinajstić information content (AvgIpc) is 2.42. The average molecular weight is 252 g/mol. The number of aryl methyl sites for hydroxylation is 1. The Bertz CT molecular complexity index is 761. The van der Waals surface area contributed by atoms with Gasteiger partial charge in [0.2, 0.25) is 0 Å². The maximum Gasteiger partial charge on any atom is 0.131 e. The van der Waals surface area contributed by atoms with Gasteiger partial charge in [-0.05, 0) is 30.0 Å². The van der Waals surface area contributed by atoms with Crippen LogP contribution in [0.5, 0.6) is 0 Å². The van der Waals surface area contributed by atoms with Gasteiger partial charge in [-0.15, -0.1) is 0 Å². The van der Waals surface area contributed by atoms with Gasteiger partial charge in [-0.25, -0.2) is 4.39 Å². The lowest BCUT2D eigenvalue weighted by atomic mass is 9.99. The van der Waals surface area contributed by atoms with Crippen molar-refractivity contribution >= 4 is 16.5 Å². The number of nitrogens with two attached hydrogens (primary N) is 1. The smallest absolute Gasteiger partial charge is 0.131 e. The Morgan fingerprint density at radius 1 is 1.05 bits per heavy atom. The monoisotopic (exact) mass is 252 g/mol. The number of hydrogen-bond donors (Lipinski definition) is 1. The van der Waals surface area contributed by atoms with Gasteiger partial charge < -0.3 is 5.73 Å². The molecule has 19 heavy (non-hydrogen) atoms. The van der Waals surface area contributed by atoms with Crippen molar-refractivity contribution in [2.75, 3.05) is 5.73 Å². The molecule has 3 rings (SSSR count). The number of nitrogens with zero attached hydrogens (tertiary/aromatic N) is 1. The zero-order chi connectivity index (χ0) is 13.4. The van der Waals surface area contributed by atoms with Crippen LogP contribution in [0.2, 0.25) is 0 Å². The predicted octanol–water partition coefficient (Wildman–Crippen LogP) is 3.93. The van der Waals surface area contributed by atoms with E-state index in [9.17, 15) is 4.39 Å². The minimum Gasteiger partial charge on any atom is -0.398 e. The molecule has 2 nitrogen and oxygen atoms in total. The fourth-order valence-corrected chi connectivity index (χ4v) is 2.23. The van der Waals surface area contributed by atoms with E-state index in [4.69, 9.17) is 5.73 Å². The molecule has 0 radical (unpaired) electrons. The van der Waals surface area contributed by atoms with E-state index in [1.54, 1.807) is 25.4 Å². The number of aromatic nitrogens is 1. The fourth-order valence-electron chi connectivity index (χ4n) is 2.23. The quantitative estimate of drug-likeness (QED) is 0.666. The lowest BCUT2D eigenvalue weighted by Gasteiger charge is -2.09. The molecular formula is C16H13FN2. The lowest BCUT2D eigenvalue weighted by Crippen LogP contribution is -1.94. The van der Waals surface area contributed by atoms with Gasteiger partial charge in [-0.3, -0.25) is 4.98 Å². The molecule has 0 aliphatic rings. The van der Waals surface area contributed by atoms with Gasteiger partial charge in [0.1, 0.15) is 5.82 Å². The molecule has 3 aromatic rings. The summed E-state index contributed by atoms with van der Waals surface area (Å²) in [7, 11) is 0. The van der Waals surface area contributed by atoms with E-state index >= 15 is 0 Å². The van der Waals surface area contributed by atoms with Gasteiger partial charge >= 0.3 is 0 Å². The van der Waals surface area contributed by atoms with Gasteiger partial charge in [-0.2, -0.15) is 0 Å². The van der Waals surface area contributed by atoms with Crippen LogP contribution in [0.4, 0.5) is 10.1 Å². The van der Waals surface area contributed by atoms with Crippen LogP contribution in [0.3, 0.4) is 0 Å². The molecule has 1 aromatic heterocycles. The molecule has 0 bridgehead atoms. The van der Waals surface area contributed by atoms with E-state index in [-0.39, 0.29) is 5.82 Å². The summed E-state index contributed by atoms with van der Waals surface area (Å²) in [6.45, 7) is 1.80.